The van der Waals surface area contributed by atoms with Crippen LogP contribution in [0.1, 0.15) is 71.3 Å². The number of aromatic nitrogens is 1. The Morgan fingerprint density at radius 2 is 1.67 bits per heavy atom. The first kappa shape index (κ1) is 31.3. The molecule has 9 heteroatoms. The molecule has 2 aliphatic rings. The summed E-state index contributed by atoms with van der Waals surface area (Å²) in [5, 5.41) is 0.959. The van der Waals surface area contributed by atoms with Crippen molar-refractivity contribution in [1.29, 1.82) is 0 Å². The molecule has 232 valence electrons. The van der Waals surface area contributed by atoms with Gasteiger partial charge in [0.15, 0.2) is 0 Å². The number of aryl methyl sites for hydroxylation is 2. The van der Waals surface area contributed by atoms with Crippen molar-refractivity contribution >= 4 is 32.8 Å². The van der Waals surface area contributed by atoms with Crippen molar-refractivity contribution in [3.05, 3.63) is 54.1 Å². The molecule has 1 amide bonds. The zero-order chi connectivity index (χ0) is 30.9. The predicted octanol–water partition coefficient (Wildman–Crippen LogP) is 5.83. The third kappa shape index (κ3) is 6.83. The Morgan fingerprint density at radius 1 is 0.977 bits per heavy atom. The van der Waals surface area contributed by atoms with E-state index in [1.165, 1.54) is 7.11 Å². The van der Waals surface area contributed by atoms with Gasteiger partial charge in [0.05, 0.1) is 12.0 Å². The molecule has 1 atom stereocenters. The Bertz CT molecular complexity index is 1580. The molecule has 1 saturated carbocycles. The van der Waals surface area contributed by atoms with Crippen molar-refractivity contribution in [2.45, 2.75) is 89.1 Å². The molecular formula is C34H45N3O5S. The normalized spacial score (nSPS) is 21.3. The minimum Gasteiger partial charge on any atom is -0.469 e. The minimum absolute atomic E-state index is 0.0243. The Morgan fingerprint density at radius 3 is 2.33 bits per heavy atom. The lowest BCUT2D eigenvalue weighted by Gasteiger charge is -2.38. The van der Waals surface area contributed by atoms with Gasteiger partial charge in [-0.1, -0.05) is 51.1 Å². The van der Waals surface area contributed by atoms with Gasteiger partial charge < -0.3 is 14.2 Å². The smallest absolute Gasteiger partial charge is 0.305 e. The number of nitrogens with one attached hydrogen (secondary N) is 1. The molecule has 8 nitrogen and oxygen atoms in total. The molecule has 2 heterocycles. The number of nitrogens with zero attached hydrogens (tertiary/aromatic N) is 2. The number of hydrogen-bond donors (Lipinski definition) is 1. The van der Waals surface area contributed by atoms with Gasteiger partial charge in [-0.15, -0.1) is 0 Å². The van der Waals surface area contributed by atoms with Gasteiger partial charge in [-0.05, 0) is 79.7 Å². The zero-order valence-corrected chi connectivity index (χ0v) is 26.9. The van der Waals surface area contributed by atoms with Crippen molar-refractivity contribution in [3.63, 3.8) is 0 Å². The highest BCUT2D eigenvalue weighted by Crippen LogP contribution is 2.36. The van der Waals surface area contributed by atoms with Gasteiger partial charge in [0.2, 0.25) is 15.9 Å². The molecule has 1 unspecified atom stereocenters. The first-order valence-electron chi connectivity index (χ1n) is 15.5. The highest BCUT2D eigenvalue weighted by atomic mass is 32.2. The number of sulfonamides is 1. The van der Waals surface area contributed by atoms with Crippen LogP contribution in [0.15, 0.2) is 53.4 Å². The van der Waals surface area contributed by atoms with Gasteiger partial charge in [-0.3, -0.25) is 9.59 Å². The molecule has 1 aliphatic carbocycles. The molecule has 43 heavy (non-hydrogen) atoms. The second-order valence-electron chi connectivity index (χ2n) is 13.3. The number of methoxy groups -OCH3 is 1. The minimum atomic E-state index is -3.72. The van der Waals surface area contributed by atoms with Crippen LogP contribution in [0, 0.1) is 11.3 Å². The van der Waals surface area contributed by atoms with Gasteiger partial charge >= 0.3 is 5.97 Å². The highest BCUT2D eigenvalue weighted by Gasteiger charge is 2.40. The molecule has 1 N–H and O–H groups in total. The maximum Gasteiger partial charge on any atom is 0.305 e. The van der Waals surface area contributed by atoms with Crippen molar-refractivity contribution in [3.8, 4) is 11.3 Å². The number of ether oxygens (including phenoxy) is 1. The maximum absolute atomic E-state index is 13.5. The number of likely N-dealkylation sites (tertiary alicyclic amines) is 1. The highest BCUT2D eigenvalue weighted by molar-refractivity contribution is 7.89. The molecule has 5 rings (SSSR count). The number of carbonyl (C=O) groups is 2. The van der Waals surface area contributed by atoms with Crippen molar-refractivity contribution in [2.24, 2.45) is 18.4 Å². The van der Waals surface area contributed by atoms with Crippen LogP contribution in [0.25, 0.3) is 22.2 Å². The molecule has 0 spiro atoms. The first-order valence-corrected chi connectivity index (χ1v) is 16.9. The van der Waals surface area contributed by atoms with E-state index in [1.54, 1.807) is 12.1 Å². The second kappa shape index (κ2) is 12.4. The lowest BCUT2D eigenvalue weighted by Crippen LogP contribution is -2.47. The zero-order valence-electron chi connectivity index (χ0n) is 26.1. The molecule has 1 aromatic heterocycles. The summed E-state index contributed by atoms with van der Waals surface area (Å²) in [4.78, 5) is 27.2. The van der Waals surface area contributed by atoms with Crippen LogP contribution in [0.3, 0.4) is 0 Å². The summed E-state index contributed by atoms with van der Waals surface area (Å²) in [7, 11) is -0.390. The largest absolute Gasteiger partial charge is 0.469 e. The molecule has 0 bridgehead atoms. The van der Waals surface area contributed by atoms with E-state index in [2.05, 4.69) is 36.5 Å². The SMILES string of the molecule is COC(=O)CCc1ccc(-c2cc3ccc(S(=O)(=O)NC4CCC(C(=O)N5CCCC5C(C)(C)C)CC4)cc3n2C)cc1. The molecule has 0 radical (unpaired) electrons. The van der Waals surface area contributed by atoms with Crippen LogP contribution in [-0.4, -0.2) is 55.5 Å². The molecule has 1 aliphatic heterocycles. The number of amides is 1. The molecule has 2 fully saturated rings. The van der Waals surface area contributed by atoms with Gasteiger partial charge in [-0.25, -0.2) is 13.1 Å². The standard InChI is InChI=1S/C34H45N3O5S/c1-34(2,3)31-7-6-20-37(31)33(39)25-13-16-27(17-14-25)35-43(40,41)28-18-15-26-21-29(36(4)30(26)22-28)24-11-8-23(9-12-24)10-19-32(38)42-5/h8-9,11-12,15,18,21-22,25,27,31,35H,6-7,10,13-14,16-17,19-20H2,1-5H3. The predicted molar refractivity (Wildman–Crippen MR) is 169 cm³/mol. The van der Waals surface area contributed by atoms with E-state index in [4.69, 9.17) is 4.74 Å². The van der Waals surface area contributed by atoms with Crippen LogP contribution in [-0.2, 0) is 37.8 Å². The van der Waals surface area contributed by atoms with E-state index in [0.29, 0.717) is 38.5 Å². The summed E-state index contributed by atoms with van der Waals surface area (Å²) in [6.07, 6.45) is 5.81. The van der Waals surface area contributed by atoms with E-state index >= 15 is 0 Å². The number of benzene rings is 2. The summed E-state index contributed by atoms with van der Waals surface area (Å²) in [5.41, 5.74) is 3.94. The third-order valence-corrected chi connectivity index (χ3v) is 10.9. The number of hydrogen-bond acceptors (Lipinski definition) is 5. The van der Waals surface area contributed by atoms with E-state index in [9.17, 15) is 18.0 Å². The van der Waals surface area contributed by atoms with Gasteiger partial charge in [0, 0.05) is 54.6 Å². The average molecular weight is 608 g/mol. The van der Waals surface area contributed by atoms with Crippen molar-refractivity contribution in [1.82, 2.24) is 14.2 Å². The van der Waals surface area contributed by atoms with E-state index in [0.717, 1.165) is 47.1 Å². The van der Waals surface area contributed by atoms with E-state index in [1.807, 2.05) is 41.9 Å². The summed E-state index contributed by atoms with van der Waals surface area (Å²) in [6.45, 7) is 7.45. The fourth-order valence-electron chi connectivity index (χ4n) is 6.86. The van der Waals surface area contributed by atoms with E-state index in [-0.39, 0.29) is 40.2 Å². The molecule has 2 aromatic carbocycles. The van der Waals surface area contributed by atoms with Gasteiger partial charge in [0.1, 0.15) is 0 Å². The Kier molecular flexibility index (Phi) is 9.05. The van der Waals surface area contributed by atoms with Crippen LogP contribution in [0.5, 0.6) is 0 Å². The molecular weight excluding hydrogens is 562 g/mol. The number of rotatable bonds is 8. The van der Waals surface area contributed by atoms with Gasteiger partial charge in [-0.2, -0.15) is 0 Å². The van der Waals surface area contributed by atoms with Crippen LogP contribution in [0.4, 0.5) is 0 Å². The Labute approximate surface area is 255 Å². The Hall–Kier alpha value is -3.17. The lowest BCUT2D eigenvalue weighted by atomic mass is 9.82. The summed E-state index contributed by atoms with van der Waals surface area (Å²) < 4.78 is 36.6. The van der Waals surface area contributed by atoms with Crippen LogP contribution in [0.2, 0.25) is 0 Å². The Balaban J connectivity index is 1.23. The summed E-state index contributed by atoms with van der Waals surface area (Å²) >= 11 is 0. The second-order valence-corrected chi connectivity index (χ2v) is 15.0. The fraction of sp³-hybridized carbons (Fsp3) is 0.529. The third-order valence-electron chi connectivity index (χ3n) is 9.36. The quantitative estimate of drug-likeness (QED) is 0.325. The number of carbonyl (C=O) groups excluding carboxylic acids is 2. The number of esters is 1. The average Bonchev–Trinajstić information content (AvgIpc) is 3.61. The molecule has 3 aromatic rings. The van der Waals surface area contributed by atoms with Crippen molar-refractivity contribution in [2.75, 3.05) is 13.7 Å². The number of fused-ring (bicyclic) bond motifs is 1. The summed E-state index contributed by atoms with van der Waals surface area (Å²) in [5.74, 6) is -0.00380. The van der Waals surface area contributed by atoms with E-state index < -0.39 is 10.0 Å². The first-order chi connectivity index (χ1) is 20.4. The molecule has 1 saturated heterocycles. The maximum atomic E-state index is 13.5. The van der Waals surface area contributed by atoms with Crippen LogP contribution >= 0.6 is 0 Å². The lowest BCUT2D eigenvalue weighted by molar-refractivity contribution is -0.141. The topological polar surface area (TPSA) is 97.7 Å². The van der Waals surface area contributed by atoms with Crippen molar-refractivity contribution < 1.29 is 22.7 Å². The summed E-state index contributed by atoms with van der Waals surface area (Å²) in [6, 6.07) is 15.5. The fourth-order valence-corrected chi connectivity index (χ4v) is 8.18. The monoisotopic (exact) mass is 607 g/mol. The van der Waals surface area contributed by atoms with Crippen LogP contribution < -0.4 is 4.72 Å². The van der Waals surface area contributed by atoms with Gasteiger partial charge in [0.25, 0.3) is 0 Å².